The van der Waals surface area contributed by atoms with E-state index in [-0.39, 0.29) is 17.7 Å². The number of hydrogen-bond donors (Lipinski definition) is 2. The summed E-state index contributed by atoms with van der Waals surface area (Å²) in [4.78, 5) is 27.7. The Morgan fingerprint density at radius 3 is 2.64 bits per heavy atom. The second-order valence-corrected chi connectivity index (χ2v) is 5.23. The van der Waals surface area contributed by atoms with Crippen molar-refractivity contribution in [2.45, 2.75) is 26.8 Å². The van der Waals surface area contributed by atoms with Crippen LogP contribution in [-0.4, -0.2) is 34.6 Å². The van der Waals surface area contributed by atoms with Crippen LogP contribution in [0.1, 0.15) is 29.9 Å². The quantitative estimate of drug-likeness (QED) is 0.883. The highest BCUT2D eigenvalue weighted by Crippen LogP contribution is 2.29. The van der Waals surface area contributed by atoms with Gasteiger partial charge in [0.05, 0.1) is 16.8 Å². The number of aliphatic carboxylic acids is 1. The van der Waals surface area contributed by atoms with Crippen LogP contribution in [0.25, 0.3) is 10.9 Å². The molecule has 0 unspecified atom stereocenters. The molecule has 0 aliphatic heterocycles. The van der Waals surface area contributed by atoms with Gasteiger partial charge in [-0.05, 0) is 26.8 Å². The lowest BCUT2D eigenvalue weighted by atomic mass is 10.1. The predicted octanol–water partition coefficient (Wildman–Crippen LogP) is 2.14. The van der Waals surface area contributed by atoms with Crippen molar-refractivity contribution < 1.29 is 19.4 Å². The average Bonchev–Trinajstić information content (AvgIpc) is 2.43. The van der Waals surface area contributed by atoms with E-state index in [0.29, 0.717) is 22.2 Å². The largest absolute Gasteiger partial charge is 0.479 e. The molecule has 0 saturated heterocycles. The number of fused-ring (bicyclic) bond motifs is 1. The van der Waals surface area contributed by atoms with Gasteiger partial charge in [0.15, 0.2) is 12.4 Å². The summed E-state index contributed by atoms with van der Waals surface area (Å²) >= 11 is 0. The first-order valence-electron chi connectivity index (χ1n) is 6.95. The van der Waals surface area contributed by atoms with Gasteiger partial charge < -0.3 is 15.2 Å². The highest BCUT2D eigenvalue weighted by Gasteiger charge is 2.21. The van der Waals surface area contributed by atoms with Crippen LogP contribution in [-0.2, 0) is 4.79 Å². The molecule has 6 heteroatoms. The summed E-state index contributed by atoms with van der Waals surface area (Å²) in [7, 11) is 0. The van der Waals surface area contributed by atoms with Crippen LogP contribution in [0.5, 0.6) is 5.75 Å². The Morgan fingerprint density at radius 2 is 2.00 bits per heavy atom. The first kappa shape index (κ1) is 15.8. The van der Waals surface area contributed by atoms with Gasteiger partial charge >= 0.3 is 5.97 Å². The molecule has 2 aromatic rings. The molecule has 1 heterocycles. The van der Waals surface area contributed by atoms with Gasteiger partial charge in [0.1, 0.15) is 0 Å². The number of amides is 1. The van der Waals surface area contributed by atoms with Crippen molar-refractivity contribution in [3.63, 3.8) is 0 Å². The summed E-state index contributed by atoms with van der Waals surface area (Å²) in [6, 6.07) is 7.15. The van der Waals surface area contributed by atoms with E-state index in [1.54, 1.807) is 25.1 Å². The highest BCUT2D eigenvalue weighted by atomic mass is 16.5. The number of nitrogens with one attached hydrogen (secondary N) is 1. The second kappa shape index (κ2) is 6.43. The first-order chi connectivity index (χ1) is 10.4. The van der Waals surface area contributed by atoms with Crippen molar-refractivity contribution in [1.29, 1.82) is 0 Å². The van der Waals surface area contributed by atoms with E-state index < -0.39 is 12.6 Å². The molecular weight excluding hydrogens is 284 g/mol. The molecular formula is C16H18N2O4. The fraction of sp³-hybridized carbons (Fsp3) is 0.312. The topological polar surface area (TPSA) is 88.5 Å². The molecule has 22 heavy (non-hydrogen) atoms. The fourth-order valence-electron chi connectivity index (χ4n) is 2.19. The fourth-order valence-corrected chi connectivity index (χ4v) is 2.19. The molecule has 6 nitrogen and oxygen atoms in total. The van der Waals surface area contributed by atoms with Gasteiger partial charge in [0, 0.05) is 11.4 Å². The molecule has 0 saturated carbocycles. The van der Waals surface area contributed by atoms with Crippen molar-refractivity contribution in [3.05, 3.63) is 35.5 Å². The third-order valence-corrected chi connectivity index (χ3v) is 3.00. The summed E-state index contributed by atoms with van der Waals surface area (Å²) in [5, 5.41) is 12.3. The summed E-state index contributed by atoms with van der Waals surface area (Å²) in [5.74, 6) is -1.21. The zero-order chi connectivity index (χ0) is 16.3. The maximum absolute atomic E-state index is 12.5. The van der Waals surface area contributed by atoms with Gasteiger partial charge in [0.25, 0.3) is 5.91 Å². The number of carbonyl (C=O) groups excluding carboxylic acids is 1. The van der Waals surface area contributed by atoms with Crippen molar-refractivity contribution >= 4 is 22.8 Å². The van der Waals surface area contributed by atoms with Crippen molar-refractivity contribution in [2.24, 2.45) is 0 Å². The molecule has 1 amide bonds. The lowest BCUT2D eigenvalue weighted by Gasteiger charge is -2.16. The van der Waals surface area contributed by atoms with E-state index in [1.165, 1.54) is 0 Å². The van der Waals surface area contributed by atoms with Crippen LogP contribution in [0.2, 0.25) is 0 Å². The Labute approximate surface area is 128 Å². The Kier molecular flexibility index (Phi) is 4.60. The van der Waals surface area contributed by atoms with Gasteiger partial charge in [-0.1, -0.05) is 18.2 Å². The number of benzene rings is 1. The number of rotatable bonds is 5. The molecule has 116 valence electrons. The molecule has 1 aromatic carbocycles. The molecule has 2 N–H and O–H groups in total. The summed E-state index contributed by atoms with van der Waals surface area (Å²) in [6.07, 6.45) is 0. The highest BCUT2D eigenvalue weighted by molar-refractivity contribution is 6.09. The average molecular weight is 302 g/mol. The number of carboxylic acids is 1. The monoisotopic (exact) mass is 302 g/mol. The van der Waals surface area contributed by atoms with Crippen molar-refractivity contribution in [3.8, 4) is 5.75 Å². The minimum absolute atomic E-state index is 0.0490. The Bertz CT molecular complexity index is 725. The molecule has 0 bridgehead atoms. The minimum Gasteiger partial charge on any atom is -0.479 e. The SMILES string of the molecule is Cc1nc2ccccc2c(C(=O)NC(C)C)c1OCC(=O)O. The van der Waals surface area contributed by atoms with Gasteiger partial charge in [-0.25, -0.2) is 9.78 Å². The molecule has 0 atom stereocenters. The molecule has 0 spiro atoms. The molecule has 2 rings (SSSR count). The Hall–Kier alpha value is -2.63. The van der Waals surface area contributed by atoms with Gasteiger partial charge in [0.2, 0.25) is 0 Å². The maximum Gasteiger partial charge on any atom is 0.341 e. The predicted molar refractivity (Wildman–Crippen MR) is 82.2 cm³/mol. The Morgan fingerprint density at radius 1 is 1.32 bits per heavy atom. The number of pyridine rings is 1. The molecule has 0 fully saturated rings. The van der Waals surface area contributed by atoms with E-state index >= 15 is 0 Å². The van der Waals surface area contributed by atoms with Crippen molar-refractivity contribution in [1.82, 2.24) is 10.3 Å². The zero-order valence-electron chi connectivity index (χ0n) is 12.7. The van der Waals surface area contributed by atoms with Crippen molar-refractivity contribution in [2.75, 3.05) is 6.61 Å². The van der Waals surface area contributed by atoms with Gasteiger partial charge in [-0.3, -0.25) is 4.79 Å². The Balaban J connectivity index is 2.62. The van der Waals surface area contributed by atoms with Crippen LogP contribution in [0.4, 0.5) is 0 Å². The van der Waals surface area contributed by atoms with Crippen LogP contribution in [0, 0.1) is 6.92 Å². The maximum atomic E-state index is 12.5. The molecule has 0 aliphatic carbocycles. The summed E-state index contributed by atoms with van der Waals surface area (Å²) in [6.45, 7) is 4.87. The van der Waals surface area contributed by atoms with Gasteiger partial charge in [-0.2, -0.15) is 0 Å². The number of nitrogens with zero attached hydrogens (tertiary/aromatic N) is 1. The number of aryl methyl sites for hydroxylation is 1. The molecule has 1 aromatic heterocycles. The minimum atomic E-state index is -1.11. The summed E-state index contributed by atoms with van der Waals surface area (Å²) < 4.78 is 5.32. The number of ether oxygens (including phenoxy) is 1. The van der Waals surface area contributed by atoms with E-state index in [0.717, 1.165) is 0 Å². The lowest BCUT2D eigenvalue weighted by Crippen LogP contribution is -2.31. The molecule has 0 aliphatic rings. The lowest BCUT2D eigenvalue weighted by molar-refractivity contribution is -0.139. The first-order valence-corrected chi connectivity index (χ1v) is 6.95. The third kappa shape index (κ3) is 3.33. The van der Waals surface area contributed by atoms with Crippen LogP contribution in [0.15, 0.2) is 24.3 Å². The number of hydrogen-bond acceptors (Lipinski definition) is 4. The van der Waals surface area contributed by atoms with E-state index in [4.69, 9.17) is 9.84 Å². The second-order valence-electron chi connectivity index (χ2n) is 5.23. The van der Waals surface area contributed by atoms with Crippen LogP contribution >= 0.6 is 0 Å². The zero-order valence-corrected chi connectivity index (χ0v) is 12.7. The third-order valence-electron chi connectivity index (χ3n) is 3.00. The number of carboxylic acid groups (broad SMARTS) is 1. The van der Waals surface area contributed by atoms with Crippen LogP contribution < -0.4 is 10.1 Å². The van der Waals surface area contributed by atoms with Gasteiger partial charge in [-0.15, -0.1) is 0 Å². The molecule has 0 radical (unpaired) electrons. The number of carbonyl (C=O) groups is 2. The standard InChI is InChI=1S/C16H18N2O4/c1-9(2)17-16(21)14-11-6-4-5-7-12(11)18-10(3)15(14)22-8-13(19)20/h4-7,9H,8H2,1-3H3,(H,17,21)(H,19,20). The van der Waals surface area contributed by atoms with E-state index in [1.807, 2.05) is 19.9 Å². The van der Waals surface area contributed by atoms with E-state index in [9.17, 15) is 9.59 Å². The normalized spacial score (nSPS) is 10.7. The van der Waals surface area contributed by atoms with Crippen LogP contribution in [0.3, 0.4) is 0 Å². The number of para-hydroxylation sites is 1. The smallest absolute Gasteiger partial charge is 0.341 e. The summed E-state index contributed by atoms with van der Waals surface area (Å²) in [5.41, 5.74) is 1.46. The number of aromatic nitrogens is 1. The van der Waals surface area contributed by atoms with E-state index in [2.05, 4.69) is 10.3 Å².